The molecule has 1 aromatic heterocycles. The van der Waals surface area contributed by atoms with Crippen molar-refractivity contribution in [1.82, 2.24) is 4.98 Å². The number of nitrogen functional groups attached to an aromatic ring is 1. The third kappa shape index (κ3) is 3.48. The number of hydrogen-bond acceptors (Lipinski definition) is 6. The zero-order chi connectivity index (χ0) is 18.8. The molecule has 1 atom stereocenters. The first kappa shape index (κ1) is 16.7. The van der Waals surface area contributed by atoms with Gasteiger partial charge in [-0.15, -0.1) is 0 Å². The fourth-order valence-electron chi connectivity index (χ4n) is 3.11. The number of aromatic nitrogens is 1. The van der Waals surface area contributed by atoms with Crippen molar-refractivity contribution in [2.24, 2.45) is 4.99 Å². The first-order valence-electron chi connectivity index (χ1n) is 8.50. The summed E-state index contributed by atoms with van der Waals surface area (Å²) in [4.78, 5) is 19.7. The van der Waals surface area contributed by atoms with Crippen LogP contribution in [0.25, 0.3) is 0 Å². The van der Waals surface area contributed by atoms with Crippen LogP contribution in [-0.4, -0.2) is 15.6 Å². The molecule has 3 N–H and O–H groups in total. The zero-order valence-corrected chi connectivity index (χ0v) is 14.4. The minimum Gasteiger partial charge on any atom is -0.384 e. The van der Waals surface area contributed by atoms with Crippen LogP contribution in [0, 0.1) is 10.1 Å². The van der Waals surface area contributed by atoms with Crippen molar-refractivity contribution in [2.75, 3.05) is 11.1 Å². The average molecular weight is 359 g/mol. The lowest BCUT2D eigenvalue weighted by Gasteiger charge is -2.18. The van der Waals surface area contributed by atoms with Crippen molar-refractivity contribution in [1.29, 1.82) is 0 Å². The van der Waals surface area contributed by atoms with Gasteiger partial charge in [-0.05, 0) is 35.4 Å². The Bertz CT molecular complexity index is 1020. The van der Waals surface area contributed by atoms with Gasteiger partial charge in [0.2, 0.25) is 0 Å². The number of fused-ring (bicyclic) bond motifs is 1. The molecule has 0 spiro atoms. The van der Waals surface area contributed by atoms with Crippen molar-refractivity contribution in [2.45, 2.75) is 12.5 Å². The van der Waals surface area contributed by atoms with Gasteiger partial charge >= 0.3 is 0 Å². The Hall–Kier alpha value is -3.74. The number of aliphatic imine (C=N–C) groups is 1. The van der Waals surface area contributed by atoms with E-state index in [0.717, 1.165) is 16.8 Å². The maximum Gasteiger partial charge on any atom is 0.269 e. The molecule has 7 heteroatoms. The third-order valence-corrected chi connectivity index (χ3v) is 4.47. The van der Waals surface area contributed by atoms with Crippen LogP contribution in [0.4, 0.5) is 23.0 Å². The van der Waals surface area contributed by atoms with Crippen molar-refractivity contribution >= 4 is 28.7 Å². The van der Waals surface area contributed by atoms with E-state index in [2.05, 4.69) is 10.3 Å². The molecule has 1 aliphatic rings. The fourth-order valence-corrected chi connectivity index (χ4v) is 3.11. The Labute approximate surface area is 155 Å². The molecule has 2 aromatic carbocycles. The Morgan fingerprint density at radius 2 is 1.78 bits per heavy atom. The second-order valence-corrected chi connectivity index (χ2v) is 6.28. The number of benzene rings is 2. The Balaban J connectivity index is 1.78. The highest BCUT2D eigenvalue weighted by atomic mass is 16.6. The van der Waals surface area contributed by atoms with E-state index in [9.17, 15) is 10.1 Å². The van der Waals surface area contributed by atoms with Gasteiger partial charge in [-0.25, -0.2) is 9.98 Å². The molecule has 1 unspecified atom stereocenters. The summed E-state index contributed by atoms with van der Waals surface area (Å²) in [6, 6.07) is 20.0. The van der Waals surface area contributed by atoms with Crippen LogP contribution < -0.4 is 11.1 Å². The van der Waals surface area contributed by atoms with Gasteiger partial charge in [-0.3, -0.25) is 10.1 Å². The van der Waals surface area contributed by atoms with E-state index in [-0.39, 0.29) is 11.7 Å². The molecule has 7 nitrogen and oxygen atoms in total. The van der Waals surface area contributed by atoms with Crippen LogP contribution >= 0.6 is 0 Å². The molecule has 27 heavy (non-hydrogen) atoms. The topological polar surface area (TPSA) is 106 Å². The van der Waals surface area contributed by atoms with Gasteiger partial charge < -0.3 is 11.1 Å². The molecule has 0 bridgehead atoms. The first-order chi connectivity index (χ1) is 13.1. The summed E-state index contributed by atoms with van der Waals surface area (Å²) in [5.41, 5.74) is 9.36. The van der Waals surface area contributed by atoms with Crippen LogP contribution in [-0.2, 0) is 0 Å². The Morgan fingerprint density at radius 3 is 2.48 bits per heavy atom. The highest BCUT2D eigenvalue weighted by Crippen LogP contribution is 2.35. The molecule has 134 valence electrons. The average Bonchev–Trinajstić information content (AvgIpc) is 2.88. The van der Waals surface area contributed by atoms with E-state index < -0.39 is 4.92 Å². The van der Waals surface area contributed by atoms with E-state index >= 15 is 0 Å². The van der Waals surface area contributed by atoms with Crippen LogP contribution in [0.2, 0.25) is 0 Å². The molecule has 0 saturated carbocycles. The van der Waals surface area contributed by atoms with Crippen molar-refractivity contribution < 1.29 is 4.92 Å². The predicted octanol–water partition coefficient (Wildman–Crippen LogP) is 4.25. The van der Waals surface area contributed by atoms with E-state index in [0.29, 0.717) is 23.7 Å². The Morgan fingerprint density at radius 1 is 1.04 bits per heavy atom. The number of nitrogens with two attached hydrogens (primary N) is 1. The van der Waals surface area contributed by atoms with Crippen LogP contribution in [0.3, 0.4) is 0 Å². The van der Waals surface area contributed by atoms with Gasteiger partial charge in [-0.1, -0.05) is 30.3 Å². The second-order valence-electron chi connectivity index (χ2n) is 6.28. The molecule has 0 radical (unpaired) electrons. The number of nitrogens with one attached hydrogen (secondary N) is 1. The molecular formula is C20H17N5O2. The standard InChI is InChI=1S/C20H17N5O2/c21-19-11-10-16-20(24-19)23-18(13-4-2-1-3-5-13)12-17(22-16)14-6-8-15(9-7-14)25(26)27/h1-11,18H,12H2,(H3,21,23,24). The lowest BCUT2D eigenvalue weighted by atomic mass is 9.97. The highest BCUT2D eigenvalue weighted by Gasteiger charge is 2.22. The first-order valence-corrected chi connectivity index (χ1v) is 8.50. The number of nitro groups is 1. The third-order valence-electron chi connectivity index (χ3n) is 4.47. The predicted molar refractivity (Wildman–Crippen MR) is 105 cm³/mol. The van der Waals surface area contributed by atoms with E-state index in [1.807, 2.05) is 36.4 Å². The van der Waals surface area contributed by atoms with Gasteiger partial charge in [0.1, 0.15) is 11.5 Å². The molecule has 0 fully saturated rings. The second kappa shape index (κ2) is 6.87. The smallest absolute Gasteiger partial charge is 0.269 e. The lowest BCUT2D eigenvalue weighted by Crippen LogP contribution is -2.15. The number of pyridine rings is 1. The number of nitrogens with zero attached hydrogens (tertiary/aromatic N) is 3. The minimum absolute atomic E-state index is 0.0457. The van der Waals surface area contributed by atoms with Crippen LogP contribution in [0.15, 0.2) is 71.7 Å². The van der Waals surface area contributed by atoms with E-state index in [1.165, 1.54) is 12.1 Å². The molecule has 1 aliphatic heterocycles. The summed E-state index contributed by atoms with van der Waals surface area (Å²) in [5, 5.41) is 14.4. The molecule has 0 amide bonds. The summed E-state index contributed by atoms with van der Waals surface area (Å²) >= 11 is 0. The molecule has 3 aromatic rings. The van der Waals surface area contributed by atoms with E-state index in [1.54, 1.807) is 18.2 Å². The number of rotatable bonds is 3. The van der Waals surface area contributed by atoms with Gasteiger partial charge in [0.15, 0.2) is 5.82 Å². The minimum atomic E-state index is -0.408. The summed E-state index contributed by atoms with van der Waals surface area (Å²) < 4.78 is 0. The van der Waals surface area contributed by atoms with Gasteiger partial charge in [-0.2, -0.15) is 0 Å². The SMILES string of the molecule is Nc1ccc2c(n1)NC(c1ccccc1)CC(c1ccc([N+](=O)[O-])cc1)=N2. The summed E-state index contributed by atoms with van der Waals surface area (Å²) in [5.74, 6) is 1.04. The summed E-state index contributed by atoms with van der Waals surface area (Å²) in [6.07, 6.45) is 0.609. The highest BCUT2D eigenvalue weighted by molar-refractivity contribution is 6.04. The summed E-state index contributed by atoms with van der Waals surface area (Å²) in [6.45, 7) is 0. The zero-order valence-electron chi connectivity index (χ0n) is 14.4. The Kier molecular flexibility index (Phi) is 4.25. The van der Waals surface area contributed by atoms with Crippen molar-refractivity contribution in [3.05, 3.63) is 88.0 Å². The fraction of sp³-hybridized carbons (Fsp3) is 0.100. The number of anilines is 2. The molecule has 0 aliphatic carbocycles. The quantitative estimate of drug-likeness (QED) is 0.537. The largest absolute Gasteiger partial charge is 0.384 e. The number of hydrogen-bond donors (Lipinski definition) is 2. The summed E-state index contributed by atoms with van der Waals surface area (Å²) in [7, 11) is 0. The van der Waals surface area contributed by atoms with Gasteiger partial charge in [0.05, 0.1) is 16.7 Å². The van der Waals surface area contributed by atoms with Crippen molar-refractivity contribution in [3.63, 3.8) is 0 Å². The number of nitro benzene ring substituents is 1. The monoisotopic (exact) mass is 359 g/mol. The lowest BCUT2D eigenvalue weighted by molar-refractivity contribution is -0.384. The molecule has 4 rings (SSSR count). The maximum atomic E-state index is 10.9. The van der Waals surface area contributed by atoms with Crippen LogP contribution in [0.5, 0.6) is 0 Å². The molecular weight excluding hydrogens is 342 g/mol. The van der Waals surface area contributed by atoms with Gasteiger partial charge in [0, 0.05) is 18.6 Å². The molecule has 2 heterocycles. The van der Waals surface area contributed by atoms with Crippen molar-refractivity contribution in [3.8, 4) is 0 Å². The van der Waals surface area contributed by atoms with Crippen LogP contribution in [0.1, 0.15) is 23.6 Å². The number of non-ortho nitro benzene ring substituents is 1. The van der Waals surface area contributed by atoms with E-state index in [4.69, 9.17) is 10.7 Å². The maximum absolute atomic E-state index is 10.9. The molecule has 0 saturated heterocycles. The van der Waals surface area contributed by atoms with Gasteiger partial charge in [0.25, 0.3) is 5.69 Å². The normalized spacial score (nSPS) is 15.9.